The van der Waals surface area contributed by atoms with Gasteiger partial charge in [0.2, 0.25) is 5.91 Å². The molecule has 0 aromatic heterocycles. The van der Waals surface area contributed by atoms with Crippen molar-refractivity contribution in [1.82, 2.24) is 10.2 Å². The highest BCUT2D eigenvalue weighted by Crippen LogP contribution is 2.40. The number of likely N-dealkylation sites (tertiary alicyclic amines) is 1. The fourth-order valence-electron chi connectivity index (χ4n) is 2.93. The first-order chi connectivity index (χ1) is 6.75. The number of carbonyl (C=O) groups excluding carboxylic acids is 1. The van der Waals surface area contributed by atoms with Gasteiger partial charge in [0, 0.05) is 25.0 Å². The maximum atomic E-state index is 11.9. The minimum absolute atomic E-state index is 0.369. The highest BCUT2D eigenvalue weighted by Gasteiger charge is 2.45. The van der Waals surface area contributed by atoms with Crippen molar-refractivity contribution in [2.45, 2.75) is 25.8 Å². The summed E-state index contributed by atoms with van der Waals surface area (Å²) in [4.78, 5) is 14.0. The second-order valence-corrected chi connectivity index (χ2v) is 5.17. The van der Waals surface area contributed by atoms with Crippen LogP contribution in [0.4, 0.5) is 0 Å². The molecular weight excluding hydrogens is 176 g/mol. The maximum Gasteiger partial charge on any atom is 0.226 e. The first-order valence-electron chi connectivity index (χ1n) is 5.78. The van der Waals surface area contributed by atoms with Gasteiger partial charge in [0.25, 0.3) is 0 Å². The summed E-state index contributed by atoms with van der Waals surface area (Å²) in [6.07, 6.45) is 2.38. The first-order valence-corrected chi connectivity index (χ1v) is 5.78. The van der Waals surface area contributed by atoms with Crippen molar-refractivity contribution in [2.24, 2.45) is 17.8 Å². The number of rotatable bonds is 1. The molecule has 14 heavy (non-hydrogen) atoms. The normalized spacial score (nSPS) is 45.4. The van der Waals surface area contributed by atoms with Crippen LogP contribution in [-0.4, -0.2) is 36.5 Å². The number of nitrogens with one attached hydrogen (secondary N) is 1. The van der Waals surface area contributed by atoms with Crippen LogP contribution in [0.3, 0.4) is 0 Å². The van der Waals surface area contributed by atoms with Gasteiger partial charge >= 0.3 is 0 Å². The van der Waals surface area contributed by atoms with Crippen LogP contribution < -0.4 is 5.32 Å². The van der Waals surface area contributed by atoms with Gasteiger partial charge in [-0.25, -0.2) is 0 Å². The molecule has 3 fully saturated rings. The summed E-state index contributed by atoms with van der Waals surface area (Å²) in [5.74, 6) is 2.19. The molecule has 0 aromatic carbocycles. The van der Waals surface area contributed by atoms with Crippen LogP contribution >= 0.6 is 0 Å². The van der Waals surface area contributed by atoms with Gasteiger partial charge in [-0.3, -0.25) is 4.79 Å². The van der Waals surface area contributed by atoms with E-state index in [1.807, 2.05) is 0 Å². The van der Waals surface area contributed by atoms with Crippen molar-refractivity contribution in [3.8, 4) is 0 Å². The topological polar surface area (TPSA) is 32.3 Å². The number of carbonyl (C=O) groups is 1. The molecule has 1 saturated carbocycles. The van der Waals surface area contributed by atoms with Crippen molar-refractivity contribution in [1.29, 1.82) is 0 Å². The fraction of sp³-hybridized carbons (Fsp3) is 0.909. The molecule has 0 spiro atoms. The Morgan fingerprint density at radius 2 is 2.21 bits per heavy atom. The molecule has 3 nitrogen and oxygen atoms in total. The largest absolute Gasteiger partial charge is 0.341 e. The highest BCUT2D eigenvalue weighted by molar-refractivity contribution is 5.82. The van der Waals surface area contributed by atoms with E-state index in [4.69, 9.17) is 0 Å². The van der Waals surface area contributed by atoms with E-state index < -0.39 is 0 Å². The molecule has 1 amide bonds. The maximum absolute atomic E-state index is 11.9. The van der Waals surface area contributed by atoms with Crippen LogP contribution in [0.5, 0.6) is 0 Å². The number of hydrogen-bond donors (Lipinski definition) is 1. The van der Waals surface area contributed by atoms with Crippen LogP contribution in [0.2, 0.25) is 0 Å². The van der Waals surface area contributed by atoms with E-state index in [0.29, 0.717) is 23.8 Å². The fourth-order valence-corrected chi connectivity index (χ4v) is 2.93. The van der Waals surface area contributed by atoms with E-state index in [1.165, 1.54) is 6.42 Å². The summed E-state index contributed by atoms with van der Waals surface area (Å²) in [5, 5.41) is 3.48. The second kappa shape index (κ2) is 2.96. The lowest BCUT2D eigenvalue weighted by Gasteiger charge is -2.17. The van der Waals surface area contributed by atoms with Crippen molar-refractivity contribution < 1.29 is 4.79 Å². The summed E-state index contributed by atoms with van der Waals surface area (Å²) in [6.45, 7) is 5.31. The lowest BCUT2D eigenvalue weighted by Crippen LogP contribution is -2.35. The molecule has 1 aliphatic carbocycles. The summed E-state index contributed by atoms with van der Waals surface area (Å²) >= 11 is 0. The minimum Gasteiger partial charge on any atom is -0.341 e. The van der Waals surface area contributed by atoms with Gasteiger partial charge in [-0.15, -0.1) is 0 Å². The zero-order valence-corrected chi connectivity index (χ0v) is 8.70. The van der Waals surface area contributed by atoms with Gasteiger partial charge in [0.1, 0.15) is 0 Å². The number of amides is 1. The molecular formula is C11H18N2O. The minimum atomic E-state index is 0.369. The predicted molar refractivity (Wildman–Crippen MR) is 53.7 cm³/mol. The van der Waals surface area contributed by atoms with Crippen LogP contribution in [0.15, 0.2) is 0 Å². The van der Waals surface area contributed by atoms with E-state index in [2.05, 4.69) is 17.1 Å². The Labute approximate surface area is 84.8 Å². The first kappa shape index (κ1) is 8.72. The standard InChI is InChI=1S/C11H18N2O/c1-7-4-9(7)11(14)13-5-8-2-3-12-10(8)6-13/h7-10,12H,2-6H2,1H3/t7-,8-,9+,10+/m1/s1. The summed E-state index contributed by atoms with van der Waals surface area (Å²) in [7, 11) is 0. The average Bonchev–Trinajstić information content (AvgIpc) is 2.62. The van der Waals surface area contributed by atoms with E-state index >= 15 is 0 Å². The van der Waals surface area contributed by atoms with Crippen LogP contribution in [-0.2, 0) is 4.79 Å². The molecule has 0 unspecified atom stereocenters. The van der Waals surface area contributed by atoms with Gasteiger partial charge in [0.05, 0.1) is 0 Å². The zero-order valence-electron chi connectivity index (χ0n) is 8.70. The van der Waals surface area contributed by atoms with Gasteiger partial charge < -0.3 is 10.2 Å². The lowest BCUT2D eigenvalue weighted by atomic mass is 10.1. The summed E-state index contributed by atoms with van der Waals surface area (Å²) in [6, 6.07) is 0.605. The molecule has 3 rings (SSSR count). The van der Waals surface area contributed by atoms with Crippen molar-refractivity contribution in [3.63, 3.8) is 0 Å². The summed E-state index contributed by atoms with van der Waals surface area (Å²) in [5.41, 5.74) is 0. The molecule has 2 heterocycles. The quantitative estimate of drug-likeness (QED) is 0.658. The highest BCUT2D eigenvalue weighted by atomic mass is 16.2. The molecule has 2 aliphatic heterocycles. The molecule has 1 N–H and O–H groups in total. The number of fused-ring (bicyclic) bond motifs is 1. The van der Waals surface area contributed by atoms with Crippen LogP contribution in [0.1, 0.15) is 19.8 Å². The SMILES string of the molecule is C[C@@H]1C[C@@H]1C(=O)N1C[C@H]2CCN[C@H]2C1. The van der Waals surface area contributed by atoms with E-state index in [0.717, 1.165) is 32.0 Å². The molecule has 78 valence electrons. The number of nitrogens with zero attached hydrogens (tertiary/aromatic N) is 1. The molecule has 0 aromatic rings. The summed E-state index contributed by atoms with van der Waals surface area (Å²) < 4.78 is 0. The Morgan fingerprint density at radius 1 is 1.43 bits per heavy atom. The molecule has 0 bridgehead atoms. The third-order valence-corrected chi connectivity index (χ3v) is 4.10. The zero-order chi connectivity index (χ0) is 9.71. The Bertz CT molecular complexity index is 254. The monoisotopic (exact) mass is 194 g/mol. The third-order valence-electron chi connectivity index (χ3n) is 4.10. The molecule has 3 aliphatic rings. The van der Waals surface area contributed by atoms with E-state index in [-0.39, 0.29) is 0 Å². The van der Waals surface area contributed by atoms with Gasteiger partial charge in [0.15, 0.2) is 0 Å². The predicted octanol–water partition coefficient (Wildman–Crippen LogP) is 0.463. The van der Waals surface area contributed by atoms with E-state index in [1.54, 1.807) is 0 Å². The molecule has 3 heteroatoms. The van der Waals surface area contributed by atoms with Gasteiger partial charge in [-0.05, 0) is 31.2 Å². The van der Waals surface area contributed by atoms with Gasteiger partial charge in [-0.1, -0.05) is 6.92 Å². The lowest BCUT2D eigenvalue weighted by molar-refractivity contribution is -0.132. The number of hydrogen-bond acceptors (Lipinski definition) is 2. The Kier molecular flexibility index (Phi) is 1.84. The van der Waals surface area contributed by atoms with E-state index in [9.17, 15) is 4.79 Å². The molecule has 2 saturated heterocycles. The van der Waals surface area contributed by atoms with Crippen LogP contribution in [0.25, 0.3) is 0 Å². The second-order valence-electron chi connectivity index (χ2n) is 5.17. The van der Waals surface area contributed by atoms with Crippen molar-refractivity contribution in [2.75, 3.05) is 19.6 Å². The Balaban J connectivity index is 1.62. The molecule has 4 atom stereocenters. The van der Waals surface area contributed by atoms with Crippen molar-refractivity contribution in [3.05, 3.63) is 0 Å². The molecule has 0 radical (unpaired) electrons. The smallest absolute Gasteiger partial charge is 0.226 e. The Hall–Kier alpha value is -0.570. The third kappa shape index (κ3) is 1.26. The van der Waals surface area contributed by atoms with Crippen molar-refractivity contribution >= 4 is 5.91 Å². The van der Waals surface area contributed by atoms with Crippen LogP contribution in [0, 0.1) is 17.8 Å². The average molecular weight is 194 g/mol. The van der Waals surface area contributed by atoms with Gasteiger partial charge in [-0.2, -0.15) is 0 Å². The Morgan fingerprint density at radius 3 is 2.86 bits per heavy atom.